The van der Waals surface area contributed by atoms with Gasteiger partial charge in [-0.3, -0.25) is 4.79 Å². The Morgan fingerprint density at radius 3 is 2.69 bits per heavy atom. The quantitative estimate of drug-likeness (QED) is 0.586. The van der Waals surface area contributed by atoms with Gasteiger partial charge in [0.05, 0.1) is 16.8 Å². The highest BCUT2D eigenvalue weighted by molar-refractivity contribution is 7.18. The molecule has 4 rings (SSSR count). The number of aromatic nitrogens is 3. The molecule has 130 valence electrons. The second-order valence-electron chi connectivity index (χ2n) is 6.16. The monoisotopic (exact) mass is 362 g/mol. The van der Waals surface area contributed by atoms with Crippen LogP contribution in [0.15, 0.2) is 65.2 Å². The number of nitrogens with one attached hydrogen (secondary N) is 1. The van der Waals surface area contributed by atoms with Crippen LogP contribution in [0, 0.1) is 6.92 Å². The summed E-state index contributed by atoms with van der Waals surface area (Å²) in [5.41, 5.74) is 4.46. The molecule has 5 nitrogen and oxygen atoms in total. The molecule has 0 aliphatic rings. The Kier molecular flexibility index (Phi) is 4.50. The Hall–Kier alpha value is -2.99. The number of nitrogens with zero attached hydrogens (tertiary/aromatic N) is 3. The molecule has 1 aromatic carbocycles. The van der Waals surface area contributed by atoms with Crippen LogP contribution in [0.5, 0.6) is 0 Å². The maximum absolute atomic E-state index is 11.8. The van der Waals surface area contributed by atoms with Crippen LogP contribution in [-0.2, 0) is 13.1 Å². The average molecular weight is 362 g/mol. The van der Waals surface area contributed by atoms with E-state index in [4.69, 9.17) is 0 Å². The molecule has 0 bridgehead atoms. The minimum absolute atomic E-state index is 0.0114. The Balaban J connectivity index is 1.46. The third-order valence-corrected chi connectivity index (χ3v) is 5.36. The lowest BCUT2D eigenvalue weighted by atomic mass is 10.1. The van der Waals surface area contributed by atoms with Crippen LogP contribution in [0.3, 0.4) is 0 Å². The molecule has 0 aliphatic carbocycles. The van der Waals surface area contributed by atoms with Gasteiger partial charge in [-0.1, -0.05) is 30.3 Å². The van der Waals surface area contributed by atoms with Crippen molar-refractivity contribution in [2.24, 2.45) is 0 Å². The van der Waals surface area contributed by atoms with Gasteiger partial charge in [-0.15, -0.1) is 11.3 Å². The van der Waals surface area contributed by atoms with Crippen LogP contribution in [0.4, 0.5) is 5.82 Å². The highest BCUT2D eigenvalue weighted by Gasteiger charge is 2.07. The van der Waals surface area contributed by atoms with Crippen LogP contribution in [0.25, 0.3) is 10.2 Å². The van der Waals surface area contributed by atoms with Crippen molar-refractivity contribution in [2.75, 3.05) is 5.32 Å². The maximum atomic E-state index is 11.8. The van der Waals surface area contributed by atoms with E-state index >= 15 is 0 Å². The van der Waals surface area contributed by atoms with E-state index in [1.165, 1.54) is 5.56 Å². The standard InChI is InChI=1S/C20H18N4OS/c1-14-12-26-19-18(14)22-13-23-20(19)21-10-15-5-7-16(8-6-15)11-24-9-3-2-4-17(24)25/h2-9,12-13H,10-11H2,1H3,(H,21,22,23). The smallest absolute Gasteiger partial charge is 0.250 e. The first-order valence-corrected chi connectivity index (χ1v) is 9.24. The lowest BCUT2D eigenvalue weighted by Gasteiger charge is -2.08. The van der Waals surface area contributed by atoms with Gasteiger partial charge in [0.25, 0.3) is 5.56 Å². The van der Waals surface area contributed by atoms with E-state index in [2.05, 4.69) is 51.9 Å². The number of thiophene rings is 1. The Morgan fingerprint density at radius 1 is 1.08 bits per heavy atom. The molecule has 6 heteroatoms. The van der Waals surface area contributed by atoms with Gasteiger partial charge in [-0.05, 0) is 35.1 Å². The third kappa shape index (κ3) is 3.36. The first kappa shape index (κ1) is 16.5. The Morgan fingerprint density at radius 2 is 1.88 bits per heavy atom. The number of rotatable bonds is 5. The fourth-order valence-corrected chi connectivity index (χ4v) is 3.80. The summed E-state index contributed by atoms with van der Waals surface area (Å²) >= 11 is 1.66. The molecule has 3 heterocycles. The Labute approximate surface area is 155 Å². The van der Waals surface area contributed by atoms with Crippen LogP contribution in [0.2, 0.25) is 0 Å². The van der Waals surface area contributed by atoms with E-state index in [0.717, 1.165) is 27.2 Å². The van der Waals surface area contributed by atoms with Crippen molar-refractivity contribution in [3.05, 3.63) is 87.4 Å². The summed E-state index contributed by atoms with van der Waals surface area (Å²) in [6.45, 7) is 3.33. The Bertz CT molecular complexity index is 1100. The first-order chi connectivity index (χ1) is 12.7. The summed E-state index contributed by atoms with van der Waals surface area (Å²) in [5, 5.41) is 5.50. The molecule has 0 unspecified atom stereocenters. The normalized spacial score (nSPS) is 11.0. The minimum atomic E-state index is 0.0114. The van der Waals surface area contributed by atoms with Gasteiger partial charge in [-0.2, -0.15) is 0 Å². The number of anilines is 1. The fourth-order valence-electron chi connectivity index (χ4n) is 2.83. The third-order valence-electron chi connectivity index (χ3n) is 4.27. The second-order valence-corrected chi connectivity index (χ2v) is 7.04. The van der Waals surface area contributed by atoms with Crippen molar-refractivity contribution in [3.63, 3.8) is 0 Å². The second kappa shape index (κ2) is 7.09. The van der Waals surface area contributed by atoms with Crippen LogP contribution < -0.4 is 10.9 Å². The molecule has 0 radical (unpaired) electrons. The predicted octanol–water partition coefficient (Wildman–Crippen LogP) is 3.82. The molecule has 0 saturated heterocycles. The molecule has 1 N–H and O–H groups in total. The van der Waals surface area contributed by atoms with Gasteiger partial charge < -0.3 is 9.88 Å². The average Bonchev–Trinajstić information content (AvgIpc) is 3.05. The molecule has 3 aromatic heterocycles. The van der Waals surface area contributed by atoms with E-state index in [-0.39, 0.29) is 5.56 Å². The van der Waals surface area contributed by atoms with Crippen molar-refractivity contribution >= 4 is 27.4 Å². The minimum Gasteiger partial charge on any atom is -0.365 e. The van der Waals surface area contributed by atoms with Crippen molar-refractivity contribution < 1.29 is 0 Å². The van der Waals surface area contributed by atoms with Crippen molar-refractivity contribution in [2.45, 2.75) is 20.0 Å². The van der Waals surface area contributed by atoms with Crippen LogP contribution >= 0.6 is 11.3 Å². The van der Waals surface area contributed by atoms with Crippen molar-refractivity contribution in [3.8, 4) is 0 Å². The SMILES string of the molecule is Cc1csc2c(NCc3ccc(Cn4ccccc4=O)cc3)ncnc12. The summed E-state index contributed by atoms with van der Waals surface area (Å²) in [4.78, 5) is 20.5. The van der Waals surface area contributed by atoms with Crippen LogP contribution in [0.1, 0.15) is 16.7 Å². The molecular formula is C20H18N4OS. The van der Waals surface area contributed by atoms with E-state index in [1.807, 2.05) is 6.07 Å². The summed E-state index contributed by atoms with van der Waals surface area (Å²) in [6, 6.07) is 13.5. The van der Waals surface area contributed by atoms with E-state index < -0.39 is 0 Å². The first-order valence-electron chi connectivity index (χ1n) is 8.36. The molecule has 0 spiro atoms. The number of aryl methyl sites for hydroxylation is 1. The molecule has 0 saturated carbocycles. The highest BCUT2D eigenvalue weighted by Crippen LogP contribution is 2.28. The molecule has 0 amide bonds. The number of benzene rings is 1. The predicted molar refractivity (Wildman–Crippen MR) is 106 cm³/mol. The van der Waals surface area contributed by atoms with Crippen LogP contribution in [-0.4, -0.2) is 14.5 Å². The maximum Gasteiger partial charge on any atom is 0.250 e. The lowest BCUT2D eigenvalue weighted by molar-refractivity contribution is 0.759. The number of pyridine rings is 1. The summed E-state index contributed by atoms with van der Waals surface area (Å²) in [7, 11) is 0. The van der Waals surface area contributed by atoms with Gasteiger partial charge in [0, 0.05) is 18.8 Å². The molecule has 0 fully saturated rings. The number of hydrogen-bond donors (Lipinski definition) is 1. The molecule has 26 heavy (non-hydrogen) atoms. The topological polar surface area (TPSA) is 59.8 Å². The zero-order valence-corrected chi connectivity index (χ0v) is 15.2. The summed E-state index contributed by atoms with van der Waals surface area (Å²) in [6.07, 6.45) is 3.41. The molecular weight excluding hydrogens is 344 g/mol. The van der Waals surface area contributed by atoms with Gasteiger partial charge in [-0.25, -0.2) is 9.97 Å². The summed E-state index contributed by atoms with van der Waals surface area (Å²) < 4.78 is 2.79. The van der Waals surface area contributed by atoms with Crippen molar-refractivity contribution in [1.82, 2.24) is 14.5 Å². The van der Waals surface area contributed by atoms with Gasteiger partial charge in [0.15, 0.2) is 0 Å². The van der Waals surface area contributed by atoms with Gasteiger partial charge in [0.1, 0.15) is 12.1 Å². The molecule has 0 atom stereocenters. The van der Waals surface area contributed by atoms with Gasteiger partial charge in [0.2, 0.25) is 0 Å². The zero-order valence-electron chi connectivity index (χ0n) is 14.3. The highest BCUT2D eigenvalue weighted by atomic mass is 32.1. The van der Waals surface area contributed by atoms with Gasteiger partial charge >= 0.3 is 0 Å². The largest absolute Gasteiger partial charge is 0.365 e. The van der Waals surface area contributed by atoms with E-state index in [0.29, 0.717) is 13.1 Å². The number of fused-ring (bicyclic) bond motifs is 1. The molecule has 4 aromatic rings. The number of hydrogen-bond acceptors (Lipinski definition) is 5. The van der Waals surface area contributed by atoms with E-state index in [9.17, 15) is 4.79 Å². The van der Waals surface area contributed by atoms with Crippen molar-refractivity contribution in [1.29, 1.82) is 0 Å². The molecule has 0 aliphatic heterocycles. The summed E-state index contributed by atoms with van der Waals surface area (Å²) in [5.74, 6) is 0.869. The van der Waals surface area contributed by atoms with E-state index in [1.54, 1.807) is 40.6 Å². The lowest BCUT2D eigenvalue weighted by Crippen LogP contribution is -2.18. The zero-order chi connectivity index (χ0) is 17.9. The fraction of sp³-hybridized carbons (Fsp3) is 0.150.